The van der Waals surface area contributed by atoms with Crippen LogP contribution in [0.3, 0.4) is 0 Å². The van der Waals surface area contributed by atoms with Gasteiger partial charge in [-0.05, 0) is 30.2 Å². The number of carbonyl (C=O) groups is 2. The number of hydrogen-bond donors (Lipinski definition) is 1. The highest BCUT2D eigenvalue weighted by atomic mass is 19.1. The van der Waals surface area contributed by atoms with Crippen LogP contribution in [0.25, 0.3) is 0 Å². The summed E-state index contributed by atoms with van der Waals surface area (Å²) in [4.78, 5) is 25.9. The first-order valence-electron chi connectivity index (χ1n) is 8.61. The summed E-state index contributed by atoms with van der Waals surface area (Å²) >= 11 is 0. The second-order valence-electron chi connectivity index (χ2n) is 6.33. The van der Waals surface area contributed by atoms with Gasteiger partial charge in [-0.3, -0.25) is 9.59 Å². The van der Waals surface area contributed by atoms with E-state index in [-0.39, 0.29) is 36.2 Å². The summed E-state index contributed by atoms with van der Waals surface area (Å²) in [6.07, 6.45) is 0.846. The first-order valence-corrected chi connectivity index (χ1v) is 8.61. The summed E-state index contributed by atoms with van der Waals surface area (Å²) in [7, 11) is 0. The zero-order valence-corrected chi connectivity index (χ0v) is 14.3. The maximum absolute atomic E-state index is 13.9. The fraction of sp³-hybridized carbons (Fsp3) is 0.300. The van der Waals surface area contributed by atoms with E-state index in [1.54, 1.807) is 29.2 Å². The second-order valence-corrected chi connectivity index (χ2v) is 6.33. The van der Waals surface area contributed by atoms with E-state index < -0.39 is 11.7 Å². The third-order valence-corrected chi connectivity index (χ3v) is 4.63. The van der Waals surface area contributed by atoms with Crippen molar-refractivity contribution in [1.82, 2.24) is 10.2 Å². The molecule has 0 spiro atoms. The summed E-state index contributed by atoms with van der Waals surface area (Å²) in [5.74, 6) is -1.49. The van der Waals surface area contributed by atoms with Gasteiger partial charge in [-0.25, -0.2) is 8.78 Å². The Morgan fingerprint density at radius 1 is 1.04 bits per heavy atom. The Morgan fingerprint density at radius 2 is 1.73 bits per heavy atom. The van der Waals surface area contributed by atoms with Crippen molar-refractivity contribution in [3.05, 3.63) is 71.3 Å². The Bertz CT molecular complexity index is 810. The molecule has 4 nitrogen and oxygen atoms in total. The topological polar surface area (TPSA) is 49.4 Å². The van der Waals surface area contributed by atoms with E-state index in [4.69, 9.17) is 0 Å². The molecule has 1 unspecified atom stereocenters. The predicted molar refractivity (Wildman–Crippen MR) is 93.7 cm³/mol. The van der Waals surface area contributed by atoms with Crippen LogP contribution in [0.1, 0.15) is 34.7 Å². The molecule has 0 aliphatic carbocycles. The van der Waals surface area contributed by atoms with Crippen molar-refractivity contribution in [2.45, 2.75) is 18.8 Å². The SMILES string of the molecule is O=C(NCCC(=O)N1CCC(c2ccccc2F)C1)c1ccccc1F. The molecule has 136 valence electrons. The molecule has 1 N–H and O–H groups in total. The molecule has 1 aliphatic rings. The molecule has 0 radical (unpaired) electrons. The van der Waals surface area contributed by atoms with Gasteiger partial charge in [-0.2, -0.15) is 0 Å². The fourth-order valence-electron chi connectivity index (χ4n) is 3.23. The zero-order chi connectivity index (χ0) is 18.5. The van der Waals surface area contributed by atoms with Gasteiger partial charge < -0.3 is 10.2 Å². The number of rotatable bonds is 5. The number of nitrogens with zero attached hydrogens (tertiary/aromatic N) is 1. The van der Waals surface area contributed by atoms with Crippen LogP contribution in [0.5, 0.6) is 0 Å². The zero-order valence-electron chi connectivity index (χ0n) is 14.3. The summed E-state index contributed by atoms with van der Waals surface area (Å²) in [5.41, 5.74) is 0.594. The number of halogens is 2. The lowest BCUT2D eigenvalue weighted by molar-refractivity contribution is -0.130. The van der Waals surface area contributed by atoms with Gasteiger partial charge in [0.25, 0.3) is 5.91 Å². The molecule has 2 amide bonds. The van der Waals surface area contributed by atoms with E-state index in [9.17, 15) is 18.4 Å². The first kappa shape index (κ1) is 18.0. The Kier molecular flexibility index (Phi) is 5.61. The van der Waals surface area contributed by atoms with Crippen molar-refractivity contribution in [3.8, 4) is 0 Å². The van der Waals surface area contributed by atoms with Crippen LogP contribution < -0.4 is 5.32 Å². The number of likely N-dealkylation sites (tertiary alicyclic amines) is 1. The van der Waals surface area contributed by atoms with Gasteiger partial charge in [0.2, 0.25) is 5.91 Å². The van der Waals surface area contributed by atoms with Crippen molar-refractivity contribution in [2.75, 3.05) is 19.6 Å². The quantitative estimate of drug-likeness (QED) is 0.893. The van der Waals surface area contributed by atoms with Crippen molar-refractivity contribution in [1.29, 1.82) is 0 Å². The van der Waals surface area contributed by atoms with Gasteiger partial charge >= 0.3 is 0 Å². The number of nitrogens with one attached hydrogen (secondary N) is 1. The molecule has 1 aliphatic heterocycles. The third kappa shape index (κ3) is 4.07. The molecule has 1 heterocycles. The van der Waals surface area contributed by atoms with Crippen molar-refractivity contribution in [2.24, 2.45) is 0 Å². The molecule has 6 heteroatoms. The Labute approximate surface area is 150 Å². The summed E-state index contributed by atoms with van der Waals surface area (Å²) in [6, 6.07) is 12.3. The molecule has 3 rings (SSSR count). The minimum atomic E-state index is -0.594. The van der Waals surface area contributed by atoms with Gasteiger partial charge in [0.05, 0.1) is 5.56 Å². The van der Waals surface area contributed by atoms with E-state index in [0.717, 1.165) is 0 Å². The van der Waals surface area contributed by atoms with Crippen LogP contribution in [0.2, 0.25) is 0 Å². The fourth-order valence-corrected chi connectivity index (χ4v) is 3.23. The number of carbonyl (C=O) groups excluding carboxylic acids is 2. The van der Waals surface area contributed by atoms with Gasteiger partial charge in [0.1, 0.15) is 11.6 Å². The second kappa shape index (κ2) is 8.08. The smallest absolute Gasteiger partial charge is 0.254 e. The highest BCUT2D eigenvalue weighted by Crippen LogP contribution is 2.29. The van der Waals surface area contributed by atoms with Crippen molar-refractivity contribution in [3.63, 3.8) is 0 Å². The van der Waals surface area contributed by atoms with Crippen LogP contribution in [-0.2, 0) is 4.79 Å². The number of hydrogen-bond acceptors (Lipinski definition) is 2. The maximum atomic E-state index is 13.9. The Morgan fingerprint density at radius 3 is 2.46 bits per heavy atom. The minimum absolute atomic E-state index is 0.00634. The average Bonchev–Trinajstić information content (AvgIpc) is 3.12. The lowest BCUT2D eigenvalue weighted by Crippen LogP contribution is -2.33. The van der Waals surface area contributed by atoms with Gasteiger partial charge in [0.15, 0.2) is 0 Å². The van der Waals surface area contributed by atoms with Crippen LogP contribution in [0.15, 0.2) is 48.5 Å². The van der Waals surface area contributed by atoms with Crippen LogP contribution >= 0.6 is 0 Å². The molecule has 0 bridgehead atoms. The highest BCUT2D eigenvalue weighted by molar-refractivity contribution is 5.94. The Hall–Kier alpha value is -2.76. The summed E-state index contributed by atoms with van der Waals surface area (Å²) in [6.45, 7) is 1.17. The monoisotopic (exact) mass is 358 g/mol. The number of amides is 2. The molecule has 1 fully saturated rings. The normalized spacial score (nSPS) is 16.5. The van der Waals surface area contributed by atoms with Crippen molar-refractivity contribution < 1.29 is 18.4 Å². The van der Waals surface area contributed by atoms with Gasteiger partial charge in [-0.1, -0.05) is 30.3 Å². The molecule has 0 aromatic heterocycles. The van der Waals surface area contributed by atoms with Crippen LogP contribution in [0.4, 0.5) is 8.78 Å². The predicted octanol–water partition coefficient (Wildman–Crippen LogP) is 3.10. The number of benzene rings is 2. The average molecular weight is 358 g/mol. The first-order chi connectivity index (χ1) is 12.6. The van der Waals surface area contributed by atoms with Gasteiger partial charge in [-0.15, -0.1) is 0 Å². The van der Waals surface area contributed by atoms with E-state index in [0.29, 0.717) is 25.1 Å². The van der Waals surface area contributed by atoms with Gasteiger partial charge in [0, 0.05) is 32.0 Å². The third-order valence-electron chi connectivity index (χ3n) is 4.63. The highest BCUT2D eigenvalue weighted by Gasteiger charge is 2.28. The summed E-state index contributed by atoms with van der Waals surface area (Å²) < 4.78 is 27.4. The van der Waals surface area contributed by atoms with Crippen LogP contribution in [-0.4, -0.2) is 36.3 Å². The van der Waals surface area contributed by atoms with Crippen LogP contribution in [0, 0.1) is 11.6 Å². The van der Waals surface area contributed by atoms with E-state index in [2.05, 4.69) is 5.32 Å². The lowest BCUT2D eigenvalue weighted by Gasteiger charge is -2.17. The van der Waals surface area contributed by atoms with Crippen molar-refractivity contribution >= 4 is 11.8 Å². The molecule has 2 aromatic rings. The molecule has 2 aromatic carbocycles. The minimum Gasteiger partial charge on any atom is -0.351 e. The van der Waals surface area contributed by atoms with E-state index in [1.165, 1.54) is 24.3 Å². The standard InChI is InChI=1S/C20H20F2N2O2/c21-17-7-3-1-5-15(17)14-10-12-24(13-14)19(25)9-11-23-20(26)16-6-2-4-8-18(16)22/h1-8,14H,9-13H2,(H,23,26). The molecular weight excluding hydrogens is 338 g/mol. The summed E-state index contributed by atoms with van der Waals surface area (Å²) in [5, 5.41) is 2.56. The largest absolute Gasteiger partial charge is 0.351 e. The van der Waals surface area contributed by atoms with E-state index >= 15 is 0 Å². The maximum Gasteiger partial charge on any atom is 0.254 e. The van der Waals surface area contributed by atoms with E-state index in [1.807, 2.05) is 0 Å². The lowest BCUT2D eigenvalue weighted by atomic mass is 9.98. The molecule has 0 saturated carbocycles. The molecule has 1 saturated heterocycles. The molecule has 1 atom stereocenters. The Balaban J connectivity index is 1.48. The molecular formula is C20H20F2N2O2. The molecule has 26 heavy (non-hydrogen) atoms.